The second-order valence-corrected chi connectivity index (χ2v) is 6.22. The Kier molecular flexibility index (Phi) is 5.25. The largest absolute Gasteiger partial charge is 0.409 e. The number of nitrogens with zero attached hydrogens (tertiary/aromatic N) is 1. The molecule has 1 fully saturated rings. The summed E-state index contributed by atoms with van der Waals surface area (Å²) in [6.45, 7) is 0.592. The molecule has 0 aromatic heterocycles. The molecule has 1 aliphatic rings. The van der Waals surface area contributed by atoms with Crippen molar-refractivity contribution in [1.82, 2.24) is 5.32 Å². The van der Waals surface area contributed by atoms with E-state index in [4.69, 9.17) is 10.9 Å². The first kappa shape index (κ1) is 15.1. The highest BCUT2D eigenvalue weighted by atomic mass is 32.2. The maximum Gasteiger partial charge on any atom is 0.170 e. The van der Waals surface area contributed by atoms with Crippen molar-refractivity contribution in [3.05, 3.63) is 35.1 Å². The van der Waals surface area contributed by atoms with Crippen molar-refractivity contribution in [2.24, 2.45) is 10.9 Å². The number of hydrogen-bond donors (Lipinski definition) is 3. The van der Waals surface area contributed by atoms with Crippen molar-refractivity contribution in [2.45, 2.75) is 37.1 Å². The zero-order chi connectivity index (χ0) is 14.5. The molecule has 0 spiro atoms. The van der Waals surface area contributed by atoms with Gasteiger partial charge in [0.2, 0.25) is 0 Å². The summed E-state index contributed by atoms with van der Waals surface area (Å²) in [5, 5.41) is 15.7. The summed E-state index contributed by atoms with van der Waals surface area (Å²) in [7, 11) is 0. The maximum absolute atomic E-state index is 13.5. The first-order valence-electron chi connectivity index (χ1n) is 6.66. The van der Waals surface area contributed by atoms with Gasteiger partial charge >= 0.3 is 0 Å². The average Bonchev–Trinajstić information content (AvgIpc) is 2.91. The Morgan fingerprint density at radius 2 is 2.30 bits per heavy atom. The third-order valence-corrected chi connectivity index (χ3v) is 4.77. The fourth-order valence-corrected chi connectivity index (χ4v) is 3.36. The Hall–Kier alpha value is -1.27. The molecule has 0 heterocycles. The van der Waals surface area contributed by atoms with Crippen LogP contribution in [-0.2, 0) is 6.54 Å². The van der Waals surface area contributed by atoms with E-state index in [1.807, 2.05) is 11.8 Å². The van der Waals surface area contributed by atoms with Crippen molar-refractivity contribution >= 4 is 17.6 Å². The molecule has 1 aliphatic carbocycles. The molecule has 110 valence electrons. The minimum atomic E-state index is -0.376. The van der Waals surface area contributed by atoms with Crippen LogP contribution >= 0.6 is 11.8 Å². The highest BCUT2D eigenvalue weighted by Crippen LogP contribution is 2.28. The second-order valence-electron chi connectivity index (χ2n) is 5.08. The van der Waals surface area contributed by atoms with Gasteiger partial charge < -0.3 is 16.3 Å². The molecule has 0 saturated heterocycles. The number of nitrogens with one attached hydrogen (secondary N) is 1. The monoisotopic (exact) mass is 297 g/mol. The Morgan fingerprint density at radius 1 is 1.50 bits per heavy atom. The average molecular weight is 297 g/mol. The number of benzene rings is 1. The quantitative estimate of drug-likeness (QED) is 0.337. The lowest BCUT2D eigenvalue weighted by atomic mass is 10.1. The van der Waals surface area contributed by atoms with Gasteiger partial charge in [-0.05, 0) is 49.3 Å². The highest BCUT2D eigenvalue weighted by molar-refractivity contribution is 7.99. The first-order chi connectivity index (χ1) is 9.62. The van der Waals surface area contributed by atoms with Crippen LogP contribution in [0.2, 0.25) is 0 Å². The summed E-state index contributed by atoms with van der Waals surface area (Å²) < 4.78 is 13.5. The van der Waals surface area contributed by atoms with Crippen LogP contribution in [0.3, 0.4) is 0 Å². The molecule has 20 heavy (non-hydrogen) atoms. The number of oxime groups is 1. The molecular weight excluding hydrogens is 277 g/mol. The lowest BCUT2D eigenvalue weighted by molar-refractivity contribution is 0.318. The van der Waals surface area contributed by atoms with Gasteiger partial charge in [0, 0.05) is 23.4 Å². The number of thioether (sulfide) groups is 1. The standard InChI is InChI=1S/C14H20FN3OS/c1-20-13-3-2-12(7-13)17-8-9-4-10(14(16)18-19)6-11(15)5-9/h4-6,12-13,17,19H,2-3,7-8H2,1H3,(H2,16,18). The normalized spacial score (nSPS) is 23.2. The highest BCUT2D eigenvalue weighted by Gasteiger charge is 2.23. The van der Waals surface area contributed by atoms with E-state index in [0.717, 1.165) is 23.7 Å². The summed E-state index contributed by atoms with van der Waals surface area (Å²) in [6, 6.07) is 4.97. The molecule has 1 saturated carbocycles. The fraction of sp³-hybridized carbons (Fsp3) is 0.500. The number of nitrogens with two attached hydrogens (primary N) is 1. The SMILES string of the molecule is CSC1CCC(NCc2cc(F)cc(/C(N)=N/O)c2)C1. The molecule has 0 radical (unpaired) electrons. The predicted molar refractivity (Wildman–Crippen MR) is 80.7 cm³/mol. The molecule has 0 amide bonds. The lowest BCUT2D eigenvalue weighted by Crippen LogP contribution is -2.26. The molecule has 0 aliphatic heterocycles. The summed E-state index contributed by atoms with van der Waals surface area (Å²) in [5.41, 5.74) is 6.70. The topological polar surface area (TPSA) is 70.6 Å². The molecule has 2 rings (SSSR count). The van der Waals surface area contributed by atoms with Crippen molar-refractivity contribution < 1.29 is 9.60 Å². The number of hydrogen-bond acceptors (Lipinski definition) is 4. The van der Waals surface area contributed by atoms with Gasteiger partial charge in [-0.1, -0.05) is 5.16 Å². The van der Waals surface area contributed by atoms with Gasteiger partial charge in [-0.15, -0.1) is 0 Å². The minimum absolute atomic E-state index is 0.0749. The first-order valence-corrected chi connectivity index (χ1v) is 7.94. The van der Waals surface area contributed by atoms with E-state index in [1.165, 1.54) is 18.6 Å². The molecular formula is C14H20FN3OS. The van der Waals surface area contributed by atoms with Gasteiger partial charge in [0.05, 0.1) is 0 Å². The molecule has 4 N–H and O–H groups in total. The second kappa shape index (κ2) is 6.95. The number of halogens is 1. The van der Waals surface area contributed by atoms with Crippen molar-refractivity contribution in [2.75, 3.05) is 6.26 Å². The maximum atomic E-state index is 13.5. The number of rotatable bonds is 5. The predicted octanol–water partition coefficient (Wildman–Crippen LogP) is 2.29. The van der Waals surface area contributed by atoms with Crippen molar-refractivity contribution in [3.8, 4) is 0 Å². The van der Waals surface area contributed by atoms with Gasteiger partial charge in [0.25, 0.3) is 0 Å². The van der Waals surface area contributed by atoms with E-state index in [9.17, 15) is 4.39 Å². The molecule has 1 aromatic rings. The van der Waals surface area contributed by atoms with E-state index in [0.29, 0.717) is 18.2 Å². The molecule has 4 nitrogen and oxygen atoms in total. The number of amidine groups is 1. The Labute approximate surface area is 122 Å². The van der Waals surface area contributed by atoms with Gasteiger partial charge in [-0.25, -0.2) is 4.39 Å². The van der Waals surface area contributed by atoms with Gasteiger partial charge in [-0.3, -0.25) is 0 Å². The van der Waals surface area contributed by atoms with Crippen LogP contribution in [-0.4, -0.2) is 28.6 Å². The summed E-state index contributed by atoms with van der Waals surface area (Å²) in [5.74, 6) is -0.451. The Bertz CT molecular complexity index is 495. The Morgan fingerprint density at radius 3 is 2.95 bits per heavy atom. The minimum Gasteiger partial charge on any atom is -0.409 e. The van der Waals surface area contributed by atoms with Crippen LogP contribution in [0.25, 0.3) is 0 Å². The zero-order valence-electron chi connectivity index (χ0n) is 11.5. The van der Waals surface area contributed by atoms with E-state index < -0.39 is 0 Å². The molecule has 2 atom stereocenters. The van der Waals surface area contributed by atoms with Crippen molar-refractivity contribution in [3.63, 3.8) is 0 Å². The third-order valence-electron chi connectivity index (χ3n) is 3.67. The zero-order valence-corrected chi connectivity index (χ0v) is 12.3. The van der Waals surface area contributed by atoms with E-state index in [-0.39, 0.29) is 11.7 Å². The van der Waals surface area contributed by atoms with Gasteiger partial charge in [0.1, 0.15) is 5.82 Å². The van der Waals surface area contributed by atoms with E-state index >= 15 is 0 Å². The summed E-state index contributed by atoms with van der Waals surface area (Å²) >= 11 is 1.91. The molecule has 0 bridgehead atoms. The van der Waals surface area contributed by atoms with Crippen molar-refractivity contribution in [1.29, 1.82) is 0 Å². The van der Waals surface area contributed by atoms with Crippen LogP contribution in [0.5, 0.6) is 0 Å². The Balaban J connectivity index is 1.98. The van der Waals surface area contributed by atoms with Gasteiger partial charge in [0.15, 0.2) is 5.84 Å². The summed E-state index contributed by atoms with van der Waals surface area (Å²) in [4.78, 5) is 0. The van der Waals surface area contributed by atoms with Crippen LogP contribution in [0.4, 0.5) is 4.39 Å². The third kappa shape index (κ3) is 3.86. The van der Waals surface area contributed by atoms with Crippen LogP contribution < -0.4 is 11.1 Å². The van der Waals surface area contributed by atoms with Crippen LogP contribution in [0.1, 0.15) is 30.4 Å². The van der Waals surface area contributed by atoms with Crippen LogP contribution in [0.15, 0.2) is 23.4 Å². The van der Waals surface area contributed by atoms with Gasteiger partial charge in [-0.2, -0.15) is 11.8 Å². The molecule has 1 aromatic carbocycles. The van der Waals surface area contributed by atoms with E-state index in [2.05, 4.69) is 16.7 Å². The van der Waals surface area contributed by atoms with E-state index in [1.54, 1.807) is 6.07 Å². The molecule has 6 heteroatoms. The summed E-state index contributed by atoms with van der Waals surface area (Å²) in [6.07, 6.45) is 5.69. The fourth-order valence-electron chi connectivity index (χ4n) is 2.56. The smallest absolute Gasteiger partial charge is 0.170 e. The van der Waals surface area contributed by atoms with Crippen LogP contribution in [0, 0.1) is 5.82 Å². The molecule has 2 unspecified atom stereocenters. The lowest BCUT2D eigenvalue weighted by Gasteiger charge is -2.13.